The summed E-state index contributed by atoms with van der Waals surface area (Å²) in [5.41, 5.74) is 1.24. The molecule has 122 valence electrons. The predicted molar refractivity (Wildman–Crippen MR) is 83.9 cm³/mol. The highest BCUT2D eigenvalue weighted by Crippen LogP contribution is 2.39. The lowest BCUT2D eigenvalue weighted by Gasteiger charge is -2.37. The normalized spacial score (nSPS) is 25.6. The van der Waals surface area contributed by atoms with Crippen molar-refractivity contribution in [2.24, 2.45) is 0 Å². The number of hydrogen-bond donors (Lipinski definition) is 0. The van der Waals surface area contributed by atoms with Gasteiger partial charge in [0.15, 0.2) is 5.82 Å². The second kappa shape index (κ2) is 6.37. The molecule has 2 aliphatic rings. The second-order valence-corrected chi connectivity index (χ2v) is 6.43. The van der Waals surface area contributed by atoms with Crippen LogP contribution in [0.2, 0.25) is 0 Å². The summed E-state index contributed by atoms with van der Waals surface area (Å²) in [6.45, 7) is 4.65. The van der Waals surface area contributed by atoms with Crippen LogP contribution in [0.25, 0.3) is 0 Å². The maximum atomic E-state index is 5.83. The molecule has 0 spiro atoms. The van der Waals surface area contributed by atoms with Crippen molar-refractivity contribution in [1.82, 2.24) is 20.0 Å². The van der Waals surface area contributed by atoms with Crippen molar-refractivity contribution in [3.8, 4) is 0 Å². The monoisotopic (exact) mass is 314 g/mol. The highest BCUT2D eigenvalue weighted by atomic mass is 16.5. The number of morpholine rings is 1. The van der Waals surface area contributed by atoms with Crippen LogP contribution in [0.15, 0.2) is 29.0 Å². The Morgan fingerprint density at radius 1 is 1.35 bits per heavy atom. The smallest absolute Gasteiger partial charge is 0.246 e. The summed E-state index contributed by atoms with van der Waals surface area (Å²) >= 11 is 0. The molecular formula is C17H22N4O2. The molecule has 2 aromatic rings. The molecule has 1 aliphatic heterocycles. The van der Waals surface area contributed by atoms with Gasteiger partial charge >= 0.3 is 0 Å². The predicted octanol–water partition coefficient (Wildman–Crippen LogP) is 2.35. The third-order valence-electron chi connectivity index (χ3n) is 4.66. The maximum absolute atomic E-state index is 5.83. The van der Waals surface area contributed by atoms with Crippen molar-refractivity contribution in [3.05, 3.63) is 41.8 Å². The molecule has 2 fully saturated rings. The fourth-order valence-electron chi connectivity index (χ4n) is 3.18. The van der Waals surface area contributed by atoms with Gasteiger partial charge in [-0.15, -0.1) is 0 Å². The SMILES string of the molecule is C[C@H]1OCCN(CCc2cccnc2)[C@@H]1c1nc(C2CC2)no1. The Hall–Kier alpha value is -1.79. The Bertz CT molecular complexity index is 641. The first kappa shape index (κ1) is 14.8. The van der Waals surface area contributed by atoms with Gasteiger partial charge < -0.3 is 9.26 Å². The van der Waals surface area contributed by atoms with E-state index in [1.165, 1.54) is 18.4 Å². The van der Waals surface area contributed by atoms with Crippen LogP contribution in [-0.2, 0) is 11.2 Å². The van der Waals surface area contributed by atoms with E-state index in [4.69, 9.17) is 9.26 Å². The summed E-state index contributed by atoms with van der Waals surface area (Å²) < 4.78 is 11.4. The fraction of sp³-hybridized carbons (Fsp3) is 0.588. The lowest BCUT2D eigenvalue weighted by Crippen LogP contribution is -2.45. The van der Waals surface area contributed by atoms with Gasteiger partial charge in [-0.25, -0.2) is 0 Å². The molecule has 0 radical (unpaired) electrons. The molecular weight excluding hydrogens is 292 g/mol. The molecule has 1 aliphatic carbocycles. The summed E-state index contributed by atoms with van der Waals surface area (Å²) in [4.78, 5) is 11.2. The van der Waals surface area contributed by atoms with Crippen molar-refractivity contribution in [2.75, 3.05) is 19.7 Å². The Kier molecular flexibility index (Phi) is 4.10. The van der Waals surface area contributed by atoms with Gasteiger partial charge in [-0.3, -0.25) is 9.88 Å². The van der Waals surface area contributed by atoms with Gasteiger partial charge in [0, 0.05) is 31.4 Å². The maximum Gasteiger partial charge on any atom is 0.246 e. The summed E-state index contributed by atoms with van der Waals surface area (Å²) in [6.07, 6.45) is 7.12. The van der Waals surface area contributed by atoms with Gasteiger partial charge in [0.2, 0.25) is 5.89 Å². The van der Waals surface area contributed by atoms with Crippen LogP contribution in [-0.4, -0.2) is 45.8 Å². The summed E-state index contributed by atoms with van der Waals surface area (Å²) in [5.74, 6) is 2.08. The third kappa shape index (κ3) is 3.28. The van der Waals surface area contributed by atoms with Crippen LogP contribution in [0, 0.1) is 0 Å². The Labute approximate surface area is 135 Å². The Morgan fingerprint density at radius 3 is 3.04 bits per heavy atom. The first-order valence-electron chi connectivity index (χ1n) is 8.39. The molecule has 6 heteroatoms. The highest BCUT2D eigenvalue weighted by molar-refractivity contribution is 5.10. The molecule has 2 aromatic heterocycles. The van der Waals surface area contributed by atoms with Crippen molar-refractivity contribution in [1.29, 1.82) is 0 Å². The topological polar surface area (TPSA) is 64.3 Å². The minimum Gasteiger partial charge on any atom is -0.375 e. The van der Waals surface area contributed by atoms with Gasteiger partial charge in [0.25, 0.3) is 0 Å². The molecule has 0 unspecified atom stereocenters. The van der Waals surface area contributed by atoms with E-state index in [2.05, 4.69) is 33.0 Å². The summed E-state index contributed by atoms with van der Waals surface area (Å²) in [5, 5.41) is 4.16. The lowest BCUT2D eigenvalue weighted by atomic mass is 10.1. The van der Waals surface area contributed by atoms with Crippen LogP contribution in [0.5, 0.6) is 0 Å². The molecule has 23 heavy (non-hydrogen) atoms. The van der Waals surface area contributed by atoms with Gasteiger partial charge in [-0.1, -0.05) is 11.2 Å². The molecule has 3 heterocycles. The second-order valence-electron chi connectivity index (χ2n) is 6.43. The fourth-order valence-corrected chi connectivity index (χ4v) is 3.18. The Balaban J connectivity index is 1.48. The number of aromatic nitrogens is 3. The van der Waals surface area contributed by atoms with Crippen molar-refractivity contribution in [2.45, 2.75) is 44.2 Å². The molecule has 2 atom stereocenters. The van der Waals surface area contributed by atoms with E-state index in [1.54, 1.807) is 6.20 Å². The summed E-state index contributed by atoms with van der Waals surface area (Å²) in [6, 6.07) is 4.14. The first-order chi connectivity index (χ1) is 11.3. The molecule has 6 nitrogen and oxygen atoms in total. The lowest BCUT2D eigenvalue weighted by molar-refractivity contribution is -0.0723. The number of nitrogens with zero attached hydrogens (tertiary/aromatic N) is 4. The van der Waals surface area contributed by atoms with E-state index in [1.807, 2.05) is 12.3 Å². The molecule has 1 saturated carbocycles. The van der Waals surface area contributed by atoms with Gasteiger partial charge in [0.1, 0.15) is 6.04 Å². The first-order valence-corrected chi connectivity index (χ1v) is 8.39. The van der Waals surface area contributed by atoms with Gasteiger partial charge in [-0.05, 0) is 37.8 Å². The standard InChI is InChI=1S/C17H22N4O2/c1-12-15(17-19-16(20-23-17)14-4-5-14)21(9-10-22-12)8-6-13-3-2-7-18-11-13/h2-3,7,11-12,14-15H,4-6,8-10H2,1H3/t12-,15+/m1/s1. The number of pyridine rings is 1. The molecule has 1 saturated heterocycles. The average Bonchev–Trinajstić information content (AvgIpc) is 3.32. The molecule has 4 rings (SSSR count). The zero-order valence-corrected chi connectivity index (χ0v) is 13.4. The van der Waals surface area contributed by atoms with Gasteiger partial charge in [0.05, 0.1) is 12.7 Å². The van der Waals surface area contributed by atoms with Crippen LogP contribution < -0.4 is 0 Å². The van der Waals surface area contributed by atoms with E-state index in [9.17, 15) is 0 Å². The molecule has 0 N–H and O–H groups in total. The van der Waals surface area contributed by atoms with E-state index in [-0.39, 0.29) is 12.1 Å². The molecule has 0 bridgehead atoms. The van der Waals surface area contributed by atoms with Crippen LogP contribution >= 0.6 is 0 Å². The highest BCUT2D eigenvalue weighted by Gasteiger charge is 2.37. The Morgan fingerprint density at radius 2 is 2.26 bits per heavy atom. The van der Waals surface area contributed by atoms with Crippen LogP contribution in [0.1, 0.15) is 49.0 Å². The number of ether oxygens (including phenoxy) is 1. The summed E-state index contributed by atoms with van der Waals surface area (Å²) in [7, 11) is 0. The van der Waals surface area contributed by atoms with E-state index >= 15 is 0 Å². The van der Waals surface area contributed by atoms with Crippen LogP contribution in [0.4, 0.5) is 0 Å². The zero-order chi connectivity index (χ0) is 15.6. The van der Waals surface area contributed by atoms with Crippen molar-refractivity contribution >= 4 is 0 Å². The van der Waals surface area contributed by atoms with Crippen molar-refractivity contribution in [3.63, 3.8) is 0 Å². The number of rotatable bonds is 5. The third-order valence-corrected chi connectivity index (χ3v) is 4.66. The van der Waals surface area contributed by atoms with Gasteiger partial charge in [-0.2, -0.15) is 4.98 Å². The zero-order valence-electron chi connectivity index (χ0n) is 13.4. The van der Waals surface area contributed by atoms with E-state index in [0.29, 0.717) is 11.8 Å². The van der Waals surface area contributed by atoms with Crippen LogP contribution in [0.3, 0.4) is 0 Å². The average molecular weight is 314 g/mol. The minimum atomic E-state index is 0.0421. The van der Waals surface area contributed by atoms with Crippen molar-refractivity contribution < 1.29 is 9.26 Å². The molecule has 0 aromatic carbocycles. The number of hydrogen-bond acceptors (Lipinski definition) is 6. The quantitative estimate of drug-likeness (QED) is 0.844. The largest absolute Gasteiger partial charge is 0.375 e. The van der Waals surface area contributed by atoms with E-state index < -0.39 is 0 Å². The van der Waals surface area contributed by atoms with E-state index in [0.717, 1.165) is 31.9 Å². The molecule has 0 amide bonds. The minimum absolute atomic E-state index is 0.0421.